The van der Waals surface area contributed by atoms with Crippen LogP contribution in [0.25, 0.3) is 11.1 Å². The molecule has 230 valence electrons. The third-order valence-corrected chi connectivity index (χ3v) is 7.96. The van der Waals surface area contributed by atoms with E-state index in [1.165, 1.54) is 6.07 Å². The Kier molecular flexibility index (Phi) is 8.54. The van der Waals surface area contributed by atoms with Crippen molar-refractivity contribution in [3.63, 3.8) is 0 Å². The highest BCUT2D eigenvalue weighted by molar-refractivity contribution is 5.98. The van der Waals surface area contributed by atoms with E-state index < -0.39 is 12.1 Å². The van der Waals surface area contributed by atoms with E-state index in [1.54, 1.807) is 60.5 Å². The first kappa shape index (κ1) is 29.6. The van der Waals surface area contributed by atoms with E-state index in [4.69, 9.17) is 14.2 Å². The van der Waals surface area contributed by atoms with Crippen LogP contribution in [0.15, 0.2) is 91.0 Å². The van der Waals surface area contributed by atoms with E-state index in [2.05, 4.69) is 10.6 Å². The Labute approximate surface area is 260 Å². The predicted octanol–water partition coefficient (Wildman–Crippen LogP) is 4.17. The minimum Gasteiger partial charge on any atom is -0.507 e. The lowest BCUT2D eigenvalue weighted by Gasteiger charge is -2.39. The van der Waals surface area contributed by atoms with Crippen molar-refractivity contribution in [2.75, 3.05) is 26.8 Å². The normalized spacial score (nSPS) is 18.4. The number of methoxy groups -OCH3 is 1. The molecule has 0 saturated carbocycles. The number of nitrogens with zero attached hydrogens (tertiary/aromatic N) is 1. The highest BCUT2D eigenvalue weighted by Gasteiger charge is 2.35. The molecule has 45 heavy (non-hydrogen) atoms. The predicted molar refractivity (Wildman–Crippen MR) is 167 cm³/mol. The van der Waals surface area contributed by atoms with Gasteiger partial charge in [0.25, 0.3) is 17.7 Å². The fourth-order valence-electron chi connectivity index (χ4n) is 5.56. The van der Waals surface area contributed by atoms with Crippen molar-refractivity contribution in [2.45, 2.75) is 25.1 Å². The number of ether oxygens (including phenoxy) is 3. The van der Waals surface area contributed by atoms with Crippen molar-refractivity contribution in [3.05, 3.63) is 108 Å². The van der Waals surface area contributed by atoms with E-state index in [0.29, 0.717) is 47.9 Å². The first-order valence-corrected chi connectivity index (χ1v) is 14.7. The largest absolute Gasteiger partial charge is 0.507 e. The van der Waals surface area contributed by atoms with Gasteiger partial charge in [0.15, 0.2) is 6.61 Å². The number of phenols is 1. The highest BCUT2D eigenvalue weighted by atomic mass is 16.5. The highest BCUT2D eigenvalue weighted by Crippen LogP contribution is 2.33. The SMILES string of the molecule is COc1ccc2cc1-c1cccc(c1)OCC(=O)NCc1ccc(cc1)O[C@@H]1CCN(C(=O)c3ccccc3O)C[C@H]1NC2=O. The minimum absolute atomic E-state index is 0.0994. The molecular formula is C35H33N3O7. The maximum atomic E-state index is 13.8. The summed E-state index contributed by atoms with van der Waals surface area (Å²) in [6.45, 7) is 0.713. The van der Waals surface area contributed by atoms with Gasteiger partial charge in [-0.1, -0.05) is 36.4 Å². The van der Waals surface area contributed by atoms with Crippen LogP contribution >= 0.6 is 0 Å². The molecule has 10 nitrogen and oxygen atoms in total. The van der Waals surface area contributed by atoms with Crippen LogP contribution in [0.3, 0.4) is 0 Å². The molecule has 0 spiro atoms. The summed E-state index contributed by atoms with van der Waals surface area (Å²) in [5, 5.41) is 16.3. The van der Waals surface area contributed by atoms with Crippen molar-refractivity contribution in [1.29, 1.82) is 0 Å². The Balaban J connectivity index is 1.34. The summed E-state index contributed by atoms with van der Waals surface area (Å²) in [5.74, 6) is 0.616. The van der Waals surface area contributed by atoms with Gasteiger partial charge in [0.05, 0.1) is 18.7 Å². The van der Waals surface area contributed by atoms with Gasteiger partial charge < -0.3 is 34.9 Å². The van der Waals surface area contributed by atoms with E-state index in [9.17, 15) is 19.5 Å². The van der Waals surface area contributed by atoms with Crippen molar-refractivity contribution in [3.8, 4) is 34.1 Å². The molecular weight excluding hydrogens is 574 g/mol. The summed E-state index contributed by atoms with van der Waals surface area (Å²) in [5.41, 5.74) is 2.88. The van der Waals surface area contributed by atoms with Gasteiger partial charge in [0, 0.05) is 37.2 Å². The number of fused-ring (bicyclic) bond motifs is 7. The monoisotopic (exact) mass is 607 g/mol. The van der Waals surface area contributed by atoms with Crippen LogP contribution in [0.5, 0.6) is 23.0 Å². The quantitative estimate of drug-likeness (QED) is 0.312. The zero-order valence-corrected chi connectivity index (χ0v) is 24.7. The fourth-order valence-corrected chi connectivity index (χ4v) is 5.56. The van der Waals surface area contributed by atoms with Crippen LogP contribution in [0, 0.1) is 0 Å². The molecule has 1 saturated heterocycles. The standard InChI is InChI=1S/C35H33N3O7/c1-43-31-14-11-24-18-28(31)23-5-4-6-26(17-23)44-21-33(40)36-19-22-9-12-25(13-10-22)45-32-15-16-38(20-29(32)37-34(24)41)35(42)27-7-2-3-8-30(27)39/h2-14,17-18,29,32,39H,15-16,19-21H2,1H3,(H,36,40)(H,37,41)/t29-,32-/m1/s1. The van der Waals surface area contributed by atoms with E-state index in [-0.39, 0.29) is 42.2 Å². The van der Waals surface area contributed by atoms with Gasteiger partial charge in [-0.05, 0) is 65.7 Å². The molecule has 10 heteroatoms. The van der Waals surface area contributed by atoms with E-state index in [1.807, 2.05) is 36.4 Å². The second kappa shape index (κ2) is 13.0. The Morgan fingerprint density at radius 1 is 0.933 bits per heavy atom. The number of carbonyl (C=O) groups excluding carboxylic acids is 3. The number of hydrogen-bond acceptors (Lipinski definition) is 7. The number of piperidine rings is 1. The molecule has 6 bridgehead atoms. The zero-order valence-electron chi connectivity index (χ0n) is 24.7. The average molecular weight is 608 g/mol. The van der Waals surface area contributed by atoms with Crippen molar-refractivity contribution in [2.24, 2.45) is 0 Å². The minimum atomic E-state index is -0.562. The van der Waals surface area contributed by atoms with E-state index in [0.717, 1.165) is 11.1 Å². The first-order chi connectivity index (χ1) is 21.9. The van der Waals surface area contributed by atoms with Gasteiger partial charge in [-0.25, -0.2) is 0 Å². The van der Waals surface area contributed by atoms with Crippen LogP contribution in [-0.4, -0.2) is 66.7 Å². The smallest absolute Gasteiger partial charge is 0.258 e. The molecule has 3 amide bonds. The van der Waals surface area contributed by atoms with Gasteiger partial charge in [0.2, 0.25) is 0 Å². The van der Waals surface area contributed by atoms with Gasteiger partial charge in [-0.3, -0.25) is 14.4 Å². The molecule has 3 N–H and O–H groups in total. The Bertz CT molecular complexity index is 1720. The van der Waals surface area contributed by atoms with Crippen LogP contribution < -0.4 is 24.8 Å². The number of aromatic hydroxyl groups is 1. The molecule has 3 aliphatic rings. The summed E-state index contributed by atoms with van der Waals surface area (Å²) >= 11 is 0. The summed E-state index contributed by atoms with van der Waals surface area (Å²) < 4.78 is 17.7. The number of nitrogens with one attached hydrogen (secondary N) is 2. The molecule has 7 rings (SSSR count). The summed E-state index contributed by atoms with van der Waals surface area (Å²) in [6.07, 6.45) is 0.00742. The molecule has 3 aliphatic heterocycles. The first-order valence-electron chi connectivity index (χ1n) is 14.7. The molecule has 2 atom stereocenters. The number of benzene rings is 4. The number of para-hydroxylation sites is 1. The molecule has 1 fully saturated rings. The molecule has 3 heterocycles. The summed E-state index contributed by atoms with van der Waals surface area (Å²) in [7, 11) is 1.56. The van der Waals surface area contributed by atoms with Gasteiger partial charge >= 0.3 is 0 Å². The number of rotatable bonds is 2. The number of likely N-dealkylation sites (tertiary alicyclic amines) is 1. The number of phenolic OH excluding ortho intramolecular Hbond substituents is 1. The third-order valence-electron chi connectivity index (χ3n) is 7.96. The van der Waals surface area contributed by atoms with Gasteiger partial charge in [-0.2, -0.15) is 0 Å². The second-order valence-corrected chi connectivity index (χ2v) is 10.9. The maximum Gasteiger partial charge on any atom is 0.258 e. The lowest BCUT2D eigenvalue weighted by molar-refractivity contribution is -0.123. The van der Waals surface area contributed by atoms with Gasteiger partial charge in [0.1, 0.15) is 29.1 Å². The van der Waals surface area contributed by atoms with Crippen LogP contribution in [0.4, 0.5) is 0 Å². The zero-order chi connectivity index (χ0) is 31.3. The maximum absolute atomic E-state index is 13.8. The Morgan fingerprint density at radius 3 is 2.56 bits per heavy atom. The van der Waals surface area contributed by atoms with Crippen molar-refractivity contribution < 1.29 is 33.7 Å². The number of hydrogen-bond donors (Lipinski definition) is 3. The Morgan fingerprint density at radius 2 is 1.76 bits per heavy atom. The van der Waals surface area contributed by atoms with Crippen molar-refractivity contribution >= 4 is 17.7 Å². The average Bonchev–Trinajstić information content (AvgIpc) is 3.07. The molecule has 0 unspecified atom stereocenters. The topological polar surface area (TPSA) is 126 Å². The van der Waals surface area contributed by atoms with Gasteiger partial charge in [-0.15, -0.1) is 0 Å². The van der Waals surface area contributed by atoms with Crippen LogP contribution in [0.1, 0.15) is 32.7 Å². The number of amides is 3. The molecule has 0 radical (unpaired) electrons. The second-order valence-electron chi connectivity index (χ2n) is 10.9. The summed E-state index contributed by atoms with van der Waals surface area (Å²) in [6, 6.07) is 25.6. The lowest BCUT2D eigenvalue weighted by atomic mass is 9.98. The molecule has 4 aromatic carbocycles. The van der Waals surface area contributed by atoms with E-state index >= 15 is 0 Å². The number of carbonyl (C=O) groups is 3. The lowest BCUT2D eigenvalue weighted by Crippen LogP contribution is -2.58. The van der Waals surface area contributed by atoms with Crippen LogP contribution in [-0.2, 0) is 11.3 Å². The Hall–Kier alpha value is -5.51. The summed E-state index contributed by atoms with van der Waals surface area (Å²) in [4.78, 5) is 41.3. The molecule has 0 aromatic heterocycles. The third kappa shape index (κ3) is 6.70. The van der Waals surface area contributed by atoms with Crippen LogP contribution in [0.2, 0.25) is 0 Å². The molecule has 0 aliphatic carbocycles. The molecule has 4 aromatic rings. The fraction of sp³-hybridized carbons (Fsp3) is 0.229. The van der Waals surface area contributed by atoms with Crippen molar-refractivity contribution in [1.82, 2.24) is 15.5 Å².